The molecule has 2 aliphatic carbocycles. The third-order valence-electron chi connectivity index (χ3n) is 17.5. The molecule has 2 fully saturated rings. The van der Waals surface area contributed by atoms with E-state index in [0.717, 1.165) is 57.3 Å². The van der Waals surface area contributed by atoms with Crippen LogP contribution in [0.3, 0.4) is 0 Å². The predicted octanol–water partition coefficient (Wildman–Crippen LogP) is 23.6. The van der Waals surface area contributed by atoms with Gasteiger partial charge in [0.2, 0.25) is 5.91 Å². The molecule has 0 aromatic heterocycles. The Morgan fingerprint density at radius 1 is 0.462 bits per heavy atom. The summed E-state index contributed by atoms with van der Waals surface area (Å²) in [4.78, 5) is 79.6. The van der Waals surface area contributed by atoms with Crippen LogP contribution in [0.1, 0.15) is 346 Å². The Bertz CT molecular complexity index is 2240. The molecule has 3 rings (SSSR count). The SMILES string of the molecule is C.C.CC(C)C(=O)CC(C)C(C)C.CC(C)C(=O)CC1(C)CCC1.CC(C)C(=O)CC1(C)CCCC1.CC(C)C(=O)CCC(C)(C)C.CC(C)C(=O)NS(=O)(=O)c1ccccc1.CC(C)CC(C)(C)C.CCC(C(=O)C(C)C)C(C)C.CCC(CC(=O)C(C)C)C(C)C. The van der Waals surface area contributed by atoms with Crippen molar-refractivity contribution in [2.75, 3.05) is 0 Å². The second-order valence-corrected chi connectivity index (χ2v) is 35.3. The van der Waals surface area contributed by atoms with Crippen LogP contribution in [0.15, 0.2) is 35.2 Å². The first-order chi connectivity index (χ1) is 41.2. The molecule has 93 heavy (non-hydrogen) atoms. The van der Waals surface area contributed by atoms with Crippen molar-refractivity contribution < 1.29 is 42.0 Å². The van der Waals surface area contributed by atoms with Crippen molar-refractivity contribution >= 4 is 50.6 Å². The first kappa shape index (κ1) is 103. The molecule has 0 spiro atoms. The lowest BCUT2D eigenvalue weighted by atomic mass is 9.67. The van der Waals surface area contributed by atoms with E-state index in [1.165, 1.54) is 63.5 Å². The fourth-order valence-corrected chi connectivity index (χ4v) is 11.2. The van der Waals surface area contributed by atoms with Crippen LogP contribution in [0.2, 0.25) is 0 Å². The smallest absolute Gasteiger partial charge is 0.264 e. The third kappa shape index (κ3) is 55.4. The lowest BCUT2D eigenvalue weighted by Crippen LogP contribution is -2.33. The van der Waals surface area contributed by atoms with Crippen LogP contribution in [-0.2, 0) is 43.6 Å². The highest BCUT2D eigenvalue weighted by Gasteiger charge is 2.34. The molecule has 0 radical (unpaired) electrons. The van der Waals surface area contributed by atoms with Gasteiger partial charge in [0, 0.05) is 79.4 Å². The zero-order valence-electron chi connectivity index (χ0n) is 65.9. The largest absolute Gasteiger partial charge is 0.299 e. The van der Waals surface area contributed by atoms with E-state index >= 15 is 0 Å². The van der Waals surface area contributed by atoms with Crippen LogP contribution in [0.25, 0.3) is 0 Å². The standard InChI is InChI=1S/C11H20O.C11H22O.C10H13NO3S.C10H18O.3C10H20O.C8H18.2CH4/c1-9(2)10(12)8-11(3)6-4-5-7-11;1-6-10(8(2)3)7-11(12)9(4)5;1-8(2)10(12)11-15(13,14)9-6-4-3-5-7-9;1-8(2)9(11)7-10(3)5-4-6-10;1-8(2)9(11)6-7-10(3,4)5;1-7(2)9(5)6-10(11)8(3)4;1-6-9(7(2)3)10(11)8(4)5;1-7(2)6-8(3,4)5;;/h9H,4-8H2,1-3H3;8-10H,6-7H2,1-5H3;3-8H,1-2H3,(H,11,12);8H,4-7H2,1-3H3;8H,6-7H2,1-5H3;2*7-9H,6H2,1-5H3;7H,6H2,1-5H3;2*1H4. The van der Waals surface area contributed by atoms with E-state index in [4.69, 9.17) is 0 Å². The van der Waals surface area contributed by atoms with Gasteiger partial charge in [0.15, 0.2) is 0 Å². The van der Waals surface area contributed by atoms with Gasteiger partial charge in [-0.05, 0) is 114 Å². The summed E-state index contributed by atoms with van der Waals surface area (Å²) in [6, 6.07) is 7.80. The Hall–Kier alpha value is -3.34. The summed E-state index contributed by atoms with van der Waals surface area (Å²) in [7, 11) is -3.70. The summed E-state index contributed by atoms with van der Waals surface area (Å²) in [5.74, 6) is 6.89. The van der Waals surface area contributed by atoms with E-state index in [0.29, 0.717) is 85.9 Å². The number of sulfonamides is 1. The Labute approximate surface area is 580 Å². The fourth-order valence-electron chi connectivity index (χ4n) is 10.1. The third-order valence-corrected chi connectivity index (χ3v) is 18.9. The summed E-state index contributed by atoms with van der Waals surface area (Å²) in [5.41, 5.74) is 1.54. The monoisotopic (exact) mass is 1330 g/mol. The quantitative estimate of drug-likeness (QED) is 0.0950. The van der Waals surface area contributed by atoms with Crippen LogP contribution in [0.5, 0.6) is 0 Å². The number of carbonyl (C=O) groups is 7. The van der Waals surface area contributed by atoms with Crippen molar-refractivity contribution in [1.29, 1.82) is 0 Å². The molecule has 0 bridgehead atoms. The minimum absolute atomic E-state index is 0. The number of benzene rings is 1. The van der Waals surface area contributed by atoms with E-state index in [2.05, 4.69) is 132 Å². The number of carbonyl (C=O) groups excluding carboxylic acids is 7. The fraction of sp³-hybridized carbons (Fsp3) is 0.841. The summed E-state index contributed by atoms with van der Waals surface area (Å²) < 4.78 is 25.2. The van der Waals surface area contributed by atoms with Crippen LogP contribution in [-0.4, -0.2) is 49.0 Å². The van der Waals surface area contributed by atoms with E-state index in [1.54, 1.807) is 32.0 Å². The highest BCUT2D eigenvalue weighted by molar-refractivity contribution is 7.90. The van der Waals surface area contributed by atoms with Gasteiger partial charge in [-0.15, -0.1) is 0 Å². The maximum absolute atomic E-state index is 11.6. The number of nitrogens with one attached hydrogen (secondary N) is 1. The van der Waals surface area contributed by atoms with Gasteiger partial charge in [-0.25, -0.2) is 13.1 Å². The Morgan fingerprint density at radius 3 is 1.08 bits per heavy atom. The summed E-state index contributed by atoms with van der Waals surface area (Å²) in [5, 5.41) is 0. The second kappa shape index (κ2) is 51.8. The van der Waals surface area contributed by atoms with Gasteiger partial charge in [0.1, 0.15) is 34.7 Å². The Balaban J connectivity index is -0.000000182. The number of hydrogen-bond donors (Lipinski definition) is 1. The lowest BCUT2D eigenvalue weighted by molar-refractivity contribution is -0.127. The van der Waals surface area contributed by atoms with Gasteiger partial charge < -0.3 is 0 Å². The number of ketones is 6. The summed E-state index contributed by atoms with van der Waals surface area (Å²) in [6.07, 6.45) is 17.3. The molecule has 3 atom stereocenters. The maximum Gasteiger partial charge on any atom is 0.264 e. The molecule has 0 heterocycles. The van der Waals surface area contributed by atoms with Gasteiger partial charge in [0.05, 0.1) is 4.90 Å². The molecule has 1 aromatic carbocycles. The zero-order valence-corrected chi connectivity index (χ0v) is 66.7. The number of rotatable bonds is 26. The number of Topliss-reactive ketones (excluding diaryl/α,β-unsaturated/α-hetero) is 6. The van der Waals surface area contributed by atoms with Crippen molar-refractivity contribution in [2.24, 2.45) is 105 Å². The molecular weight excluding hydrogens is 1170 g/mol. The first-order valence-electron chi connectivity index (χ1n) is 36.0. The van der Waals surface area contributed by atoms with Crippen molar-refractivity contribution in [3.8, 4) is 0 Å². The molecule has 10 nitrogen and oxygen atoms in total. The van der Waals surface area contributed by atoms with Crippen molar-refractivity contribution in [3.05, 3.63) is 30.3 Å². The van der Waals surface area contributed by atoms with E-state index in [9.17, 15) is 42.0 Å². The molecule has 1 amide bonds. The van der Waals surface area contributed by atoms with E-state index < -0.39 is 15.9 Å². The van der Waals surface area contributed by atoms with Gasteiger partial charge in [0.25, 0.3) is 10.0 Å². The normalized spacial score (nSPS) is 14.8. The minimum atomic E-state index is -3.70. The van der Waals surface area contributed by atoms with Crippen LogP contribution >= 0.6 is 0 Å². The minimum Gasteiger partial charge on any atom is -0.299 e. The molecule has 0 saturated heterocycles. The number of hydrogen-bond acceptors (Lipinski definition) is 9. The molecule has 552 valence electrons. The van der Waals surface area contributed by atoms with Crippen molar-refractivity contribution in [2.45, 2.75) is 351 Å². The van der Waals surface area contributed by atoms with Gasteiger partial charge in [-0.1, -0.05) is 287 Å². The van der Waals surface area contributed by atoms with Crippen molar-refractivity contribution in [3.63, 3.8) is 0 Å². The number of amides is 1. The summed E-state index contributed by atoms with van der Waals surface area (Å²) in [6.45, 7) is 68.8. The van der Waals surface area contributed by atoms with Gasteiger partial charge in [-0.3, -0.25) is 33.6 Å². The van der Waals surface area contributed by atoms with Gasteiger partial charge >= 0.3 is 0 Å². The molecule has 11 heteroatoms. The molecule has 1 N–H and O–H groups in total. The average molecular weight is 1340 g/mol. The van der Waals surface area contributed by atoms with Crippen LogP contribution < -0.4 is 4.72 Å². The average Bonchev–Trinajstić information content (AvgIpc) is 1.11. The summed E-state index contributed by atoms with van der Waals surface area (Å²) >= 11 is 0. The van der Waals surface area contributed by atoms with E-state index in [-0.39, 0.29) is 67.1 Å². The van der Waals surface area contributed by atoms with E-state index in [1.807, 2.05) is 87.8 Å². The molecular formula is C82H159NO9S. The Morgan fingerprint density at radius 2 is 0.839 bits per heavy atom. The maximum atomic E-state index is 11.6. The Kier molecular flexibility index (Phi) is 57.5. The predicted molar refractivity (Wildman–Crippen MR) is 405 cm³/mol. The first-order valence-corrected chi connectivity index (χ1v) is 37.5. The molecule has 2 aliphatic rings. The zero-order chi connectivity index (χ0) is 72.8. The molecule has 2 saturated carbocycles. The lowest BCUT2D eigenvalue weighted by Gasteiger charge is -2.38. The molecule has 1 aromatic rings. The van der Waals surface area contributed by atoms with Crippen LogP contribution in [0.4, 0.5) is 0 Å². The van der Waals surface area contributed by atoms with Crippen molar-refractivity contribution in [1.82, 2.24) is 4.72 Å². The highest BCUT2D eigenvalue weighted by Crippen LogP contribution is 2.44. The van der Waals surface area contributed by atoms with Gasteiger partial charge in [-0.2, -0.15) is 0 Å². The topological polar surface area (TPSA) is 166 Å². The molecule has 0 aliphatic heterocycles. The van der Waals surface area contributed by atoms with Crippen LogP contribution in [0, 0.1) is 105 Å². The highest BCUT2D eigenvalue weighted by atomic mass is 32.2. The molecule has 3 unspecified atom stereocenters. The second-order valence-electron chi connectivity index (χ2n) is 33.7.